The number of imidazole rings is 1. The summed E-state index contributed by atoms with van der Waals surface area (Å²) in [4.78, 5) is 15.8. The fourth-order valence-corrected chi connectivity index (χ4v) is 2.99. The molecule has 0 spiro atoms. The Morgan fingerprint density at radius 3 is 3.10 bits per heavy atom. The largest absolute Gasteiger partial charge is 0.453 e. The van der Waals surface area contributed by atoms with Crippen LogP contribution in [0, 0.1) is 0 Å². The Labute approximate surface area is 131 Å². The van der Waals surface area contributed by atoms with Crippen molar-refractivity contribution in [2.24, 2.45) is 7.05 Å². The molecule has 2 aromatic rings. The Bertz CT molecular complexity index is 636. The number of rotatable bonds is 4. The van der Waals surface area contributed by atoms with Crippen molar-refractivity contribution in [2.45, 2.75) is 31.5 Å². The first-order valence-corrected chi connectivity index (χ1v) is 7.66. The predicted molar refractivity (Wildman–Crippen MR) is 80.4 cm³/mol. The van der Waals surface area contributed by atoms with E-state index in [0.29, 0.717) is 13.0 Å². The van der Waals surface area contributed by atoms with Gasteiger partial charge in [0.1, 0.15) is 5.76 Å². The van der Waals surface area contributed by atoms with E-state index < -0.39 is 0 Å². The zero-order valence-electron chi connectivity index (χ0n) is 11.7. The first-order chi connectivity index (χ1) is 10.1. The molecule has 1 aliphatic heterocycles. The van der Waals surface area contributed by atoms with Crippen LogP contribution in [0.3, 0.4) is 0 Å². The van der Waals surface area contributed by atoms with Crippen LogP contribution < -0.4 is 10.6 Å². The maximum atomic E-state index is 11.7. The van der Waals surface area contributed by atoms with Crippen molar-refractivity contribution in [1.82, 2.24) is 20.2 Å². The zero-order valence-corrected chi connectivity index (χ0v) is 13.3. The van der Waals surface area contributed by atoms with Crippen molar-refractivity contribution in [3.8, 4) is 0 Å². The lowest BCUT2D eigenvalue weighted by atomic mass is 9.95. The van der Waals surface area contributed by atoms with E-state index >= 15 is 0 Å². The second-order valence-corrected chi connectivity index (χ2v) is 5.99. The molecule has 3 rings (SSSR count). The van der Waals surface area contributed by atoms with Crippen LogP contribution in [0.1, 0.15) is 30.3 Å². The summed E-state index contributed by atoms with van der Waals surface area (Å²) in [6.45, 7) is 0.625. The van der Waals surface area contributed by atoms with Gasteiger partial charge in [0, 0.05) is 19.5 Å². The topological polar surface area (TPSA) is 72.1 Å². The molecule has 21 heavy (non-hydrogen) atoms. The molecule has 0 bridgehead atoms. The maximum absolute atomic E-state index is 11.7. The molecule has 1 aliphatic rings. The first kappa shape index (κ1) is 14.3. The fraction of sp³-hybridized carbons (Fsp3) is 0.429. The van der Waals surface area contributed by atoms with Crippen molar-refractivity contribution in [3.05, 3.63) is 40.8 Å². The van der Waals surface area contributed by atoms with E-state index in [0.717, 1.165) is 22.5 Å². The quantitative estimate of drug-likeness (QED) is 0.881. The van der Waals surface area contributed by atoms with Gasteiger partial charge in [-0.15, -0.1) is 0 Å². The molecule has 0 aromatic carbocycles. The third-order valence-electron chi connectivity index (χ3n) is 3.74. The summed E-state index contributed by atoms with van der Waals surface area (Å²) in [6.07, 6.45) is 4.88. The Morgan fingerprint density at radius 2 is 2.43 bits per heavy atom. The SMILES string of the molecule is Cn1cncc1[C@@H]1NC(=O)CC[C@H]1NCc1ccc(Br)o1. The minimum atomic E-state index is -0.0721. The molecule has 6 nitrogen and oxygen atoms in total. The number of piperidine rings is 1. The van der Waals surface area contributed by atoms with E-state index in [1.54, 1.807) is 12.5 Å². The standard InChI is InChI=1S/C14H17BrN4O2/c1-19-8-16-7-11(19)14-10(3-5-13(20)18-14)17-6-9-2-4-12(15)21-9/h2,4,7-8,10,14,17H,3,5-6H2,1H3,(H,18,20)/t10-,14-/m1/s1. The third-order valence-corrected chi connectivity index (χ3v) is 4.17. The van der Waals surface area contributed by atoms with Gasteiger partial charge in [-0.2, -0.15) is 0 Å². The summed E-state index contributed by atoms with van der Waals surface area (Å²) >= 11 is 3.30. The second-order valence-electron chi connectivity index (χ2n) is 5.21. The van der Waals surface area contributed by atoms with Crippen LogP contribution in [-0.4, -0.2) is 21.5 Å². The number of carbonyl (C=O) groups is 1. The Balaban J connectivity index is 1.72. The van der Waals surface area contributed by atoms with E-state index in [4.69, 9.17) is 4.42 Å². The van der Waals surface area contributed by atoms with Gasteiger partial charge in [0.05, 0.1) is 30.8 Å². The summed E-state index contributed by atoms with van der Waals surface area (Å²) in [6, 6.07) is 3.88. The second kappa shape index (κ2) is 6.03. The molecule has 0 radical (unpaired) electrons. The monoisotopic (exact) mass is 352 g/mol. The number of aryl methyl sites for hydroxylation is 1. The van der Waals surface area contributed by atoms with Crippen LogP contribution in [0.5, 0.6) is 0 Å². The molecule has 0 unspecified atom stereocenters. The van der Waals surface area contributed by atoms with E-state index in [2.05, 4.69) is 31.5 Å². The van der Waals surface area contributed by atoms with Crippen LogP contribution in [0.25, 0.3) is 0 Å². The number of furan rings is 1. The van der Waals surface area contributed by atoms with Crippen molar-refractivity contribution in [1.29, 1.82) is 0 Å². The first-order valence-electron chi connectivity index (χ1n) is 6.86. The van der Waals surface area contributed by atoms with Gasteiger partial charge in [-0.25, -0.2) is 4.98 Å². The third kappa shape index (κ3) is 3.19. The van der Waals surface area contributed by atoms with E-state index in [-0.39, 0.29) is 18.0 Å². The van der Waals surface area contributed by atoms with Gasteiger partial charge in [-0.1, -0.05) is 0 Å². The summed E-state index contributed by atoms with van der Waals surface area (Å²) < 4.78 is 8.16. The van der Waals surface area contributed by atoms with Gasteiger partial charge in [0.15, 0.2) is 4.67 Å². The molecule has 2 atom stereocenters. The number of hydrogen-bond donors (Lipinski definition) is 2. The molecule has 112 valence electrons. The van der Waals surface area contributed by atoms with E-state index in [1.165, 1.54) is 0 Å². The van der Waals surface area contributed by atoms with Gasteiger partial charge in [0.2, 0.25) is 5.91 Å². The van der Waals surface area contributed by atoms with Crippen molar-refractivity contribution in [3.63, 3.8) is 0 Å². The predicted octanol–water partition coefficient (Wildman–Crippen LogP) is 1.89. The van der Waals surface area contributed by atoms with Gasteiger partial charge in [-0.3, -0.25) is 4.79 Å². The molecule has 2 aromatic heterocycles. The van der Waals surface area contributed by atoms with Gasteiger partial charge in [0.25, 0.3) is 0 Å². The molecule has 1 fully saturated rings. The van der Waals surface area contributed by atoms with E-state index in [9.17, 15) is 4.79 Å². The number of nitrogens with one attached hydrogen (secondary N) is 2. The highest BCUT2D eigenvalue weighted by Crippen LogP contribution is 2.24. The molecule has 1 saturated heterocycles. The summed E-state index contributed by atoms with van der Waals surface area (Å²) in [7, 11) is 1.93. The molecule has 7 heteroatoms. The number of hydrogen-bond acceptors (Lipinski definition) is 4. The van der Waals surface area contributed by atoms with Crippen LogP contribution >= 0.6 is 15.9 Å². The summed E-state index contributed by atoms with van der Waals surface area (Å²) in [5.74, 6) is 0.947. The molecule has 2 N–H and O–H groups in total. The molecular weight excluding hydrogens is 336 g/mol. The lowest BCUT2D eigenvalue weighted by Crippen LogP contribution is -2.48. The lowest BCUT2D eigenvalue weighted by Gasteiger charge is -2.32. The van der Waals surface area contributed by atoms with Gasteiger partial charge < -0.3 is 19.6 Å². The van der Waals surface area contributed by atoms with Crippen molar-refractivity contribution < 1.29 is 9.21 Å². The summed E-state index contributed by atoms with van der Waals surface area (Å²) in [5.41, 5.74) is 1.00. The lowest BCUT2D eigenvalue weighted by molar-refractivity contribution is -0.124. The molecule has 3 heterocycles. The highest BCUT2D eigenvalue weighted by molar-refractivity contribution is 9.10. The van der Waals surface area contributed by atoms with Crippen LogP contribution in [0.4, 0.5) is 0 Å². The number of aromatic nitrogens is 2. The van der Waals surface area contributed by atoms with Crippen molar-refractivity contribution >= 4 is 21.8 Å². The number of carbonyl (C=O) groups excluding carboxylic acids is 1. The van der Waals surface area contributed by atoms with Crippen LogP contribution in [-0.2, 0) is 18.4 Å². The average Bonchev–Trinajstić information content (AvgIpc) is 3.06. The highest BCUT2D eigenvalue weighted by atomic mass is 79.9. The summed E-state index contributed by atoms with van der Waals surface area (Å²) in [5, 5.41) is 6.52. The highest BCUT2D eigenvalue weighted by Gasteiger charge is 2.31. The smallest absolute Gasteiger partial charge is 0.220 e. The molecular formula is C14H17BrN4O2. The maximum Gasteiger partial charge on any atom is 0.220 e. The average molecular weight is 353 g/mol. The Morgan fingerprint density at radius 1 is 1.57 bits per heavy atom. The normalized spacial score (nSPS) is 22.3. The van der Waals surface area contributed by atoms with Crippen LogP contribution in [0.15, 0.2) is 33.7 Å². The minimum Gasteiger partial charge on any atom is -0.453 e. The number of amides is 1. The molecule has 0 saturated carbocycles. The van der Waals surface area contributed by atoms with Gasteiger partial charge in [-0.05, 0) is 34.5 Å². The Hall–Kier alpha value is -1.60. The van der Waals surface area contributed by atoms with Crippen molar-refractivity contribution in [2.75, 3.05) is 0 Å². The molecule has 1 amide bonds. The fourth-order valence-electron chi connectivity index (χ4n) is 2.65. The minimum absolute atomic E-state index is 0.0721. The Kier molecular flexibility index (Phi) is 4.12. The zero-order chi connectivity index (χ0) is 14.8. The van der Waals surface area contributed by atoms with E-state index in [1.807, 2.05) is 23.7 Å². The van der Waals surface area contributed by atoms with Gasteiger partial charge >= 0.3 is 0 Å². The number of halogens is 1. The molecule has 0 aliphatic carbocycles. The number of nitrogens with zero attached hydrogens (tertiary/aromatic N) is 2. The van der Waals surface area contributed by atoms with Crippen LogP contribution in [0.2, 0.25) is 0 Å².